The molecule has 0 amide bonds. The van der Waals surface area contributed by atoms with Crippen molar-refractivity contribution < 1.29 is 22.6 Å². The van der Waals surface area contributed by atoms with Crippen LogP contribution < -0.4 is 5.32 Å². The summed E-state index contributed by atoms with van der Waals surface area (Å²) in [6.45, 7) is 0.338. The Balaban J connectivity index is 2.58. The van der Waals surface area contributed by atoms with Gasteiger partial charge in [-0.25, -0.2) is 0 Å². The zero-order chi connectivity index (χ0) is 14.9. The minimum absolute atomic E-state index is 0.0380. The highest BCUT2D eigenvalue weighted by Gasteiger charge is 2.35. The van der Waals surface area contributed by atoms with Crippen molar-refractivity contribution in [2.45, 2.75) is 18.3 Å². The molecule has 0 saturated heterocycles. The van der Waals surface area contributed by atoms with E-state index >= 15 is 0 Å². The molecule has 2 rings (SSSR count). The zero-order valence-corrected chi connectivity index (χ0v) is 11.0. The van der Waals surface area contributed by atoms with Crippen LogP contribution in [-0.4, -0.2) is 21.8 Å². The first kappa shape index (κ1) is 14.9. The molecular formula is C11H11F3N2O3S. The Hall–Kier alpha value is -1.48. The number of rotatable bonds is 1. The minimum atomic E-state index is -4.68. The number of hydrogen-bond donors (Lipinski definition) is 1. The quantitative estimate of drug-likeness (QED) is 0.491. The molecule has 20 heavy (non-hydrogen) atoms. The van der Waals surface area contributed by atoms with Gasteiger partial charge in [0.05, 0.1) is 10.5 Å². The molecule has 0 spiro atoms. The number of halogens is 3. The van der Waals surface area contributed by atoms with Gasteiger partial charge in [0.1, 0.15) is 17.2 Å². The Morgan fingerprint density at radius 3 is 2.65 bits per heavy atom. The number of benzene rings is 1. The van der Waals surface area contributed by atoms with Crippen LogP contribution >= 0.6 is 0 Å². The molecule has 0 aliphatic carbocycles. The van der Waals surface area contributed by atoms with Gasteiger partial charge in [0, 0.05) is 24.6 Å². The Kier molecular flexibility index (Phi) is 4.09. The normalized spacial score (nSPS) is 19.5. The smallest absolute Gasteiger partial charge is 0.416 e. The molecule has 1 aliphatic heterocycles. The Bertz CT molecular complexity index is 536. The first-order chi connectivity index (χ1) is 9.29. The molecular weight excluding hydrogens is 297 g/mol. The van der Waals surface area contributed by atoms with Gasteiger partial charge in [0.2, 0.25) is 0 Å². The summed E-state index contributed by atoms with van der Waals surface area (Å²) in [4.78, 5) is 10.1. The van der Waals surface area contributed by atoms with Crippen molar-refractivity contribution in [3.63, 3.8) is 0 Å². The average Bonchev–Trinajstić information content (AvgIpc) is 2.30. The van der Waals surface area contributed by atoms with Gasteiger partial charge in [-0.1, -0.05) is 0 Å². The Morgan fingerprint density at radius 2 is 2.05 bits per heavy atom. The summed E-state index contributed by atoms with van der Waals surface area (Å²) < 4.78 is 50.0. The molecule has 1 heterocycles. The summed E-state index contributed by atoms with van der Waals surface area (Å²) in [5, 5.41) is 13.7. The minimum Gasteiger partial charge on any atom is -0.616 e. The summed E-state index contributed by atoms with van der Waals surface area (Å²) >= 11 is -1.32. The first-order valence-corrected chi connectivity index (χ1v) is 7.25. The van der Waals surface area contributed by atoms with E-state index in [-0.39, 0.29) is 17.0 Å². The standard InChI is InChI=1S/C11H11F3N2O3S/c12-11(13,14)8-4-7-6-20(19)3-1-2-15-10(7)9(5-8)16(17)18/h4-5,15H,1-3,6H2. The van der Waals surface area contributed by atoms with Gasteiger partial charge < -0.3 is 9.87 Å². The second-order valence-electron chi connectivity index (χ2n) is 4.35. The van der Waals surface area contributed by atoms with Crippen LogP contribution in [-0.2, 0) is 23.1 Å². The van der Waals surface area contributed by atoms with Crippen molar-refractivity contribution in [3.05, 3.63) is 33.4 Å². The number of nitrogens with zero attached hydrogens (tertiary/aromatic N) is 1. The molecule has 9 heteroatoms. The van der Waals surface area contributed by atoms with E-state index < -0.39 is 33.5 Å². The van der Waals surface area contributed by atoms with Crippen molar-refractivity contribution in [1.82, 2.24) is 0 Å². The van der Waals surface area contributed by atoms with E-state index in [1.807, 2.05) is 0 Å². The zero-order valence-electron chi connectivity index (χ0n) is 10.2. The van der Waals surface area contributed by atoms with Crippen LogP contribution in [0.25, 0.3) is 0 Å². The third-order valence-electron chi connectivity index (χ3n) is 2.89. The highest BCUT2D eigenvalue weighted by atomic mass is 32.2. The highest BCUT2D eigenvalue weighted by molar-refractivity contribution is 7.90. The van der Waals surface area contributed by atoms with Gasteiger partial charge in [-0.2, -0.15) is 13.2 Å². The van der Waals surface area contributed by atoms with E-state index in [0.717, 1.165) is 6.07 Å². The van der Waals surface area contributed by atoms with Crippen molar-refractivity contribution in [2.75, 3.05) is 17.6 Å². The van der Waals surface area contributed by atoms with E-state index in [9.17, 15) is 27.8 Å². The number of hydrogen-bond acceptors (Lipinski definition) is 4. The van der Waals surface area contributed by atoms with Crippen molar-refractivity contribution in [1.29, 1.82) is 0 Å². The van der Waals surface area contributed by atoms with Crippen LogP contribution in [0.1, 0.15) is 17.5 Å². The van der Waals surface area contributed by atoms with E-state index in [1.165, 1.54) is 0 Å². The number of nitrogens with one attached hydrogen (secondary N) is 1. The summed E-state index contributed by atoms with van der Waals surface area (Å²) in [7, 11) is 0. The monoisotopic (exact) mass is 308 g/mol. The number of alkyl halides is 3. The van der Waals surface area contributed by atoms with Crippen molar-refractivity contribution in [2.24, 2.45) is 0 Å². The predicted octanol–water partition coefficient (Wildman–Crippen LogP) is 2.68. The first-order valence-electron chi connectivity index (χ1n) is 5.76. The van der Waals surface area contributed by atoms with Crippen LogP contribution in [0.4, 0.5) is 24.5 Å². The molecule has 1 unspecified atom stereocenters. The van der Waals surface area contributed by atoms with Gasteiger partial charge in [0.15, 0.2) is 0 Å². The molecule has 1 aromatic carbocycles. The third kappa shape index (κ3) is 3.15. The summed E-state index contributed by atoms with van der Waals surface area (Å²) in [6.07, 6.45) is -4.13. The van der Waals surface area contributed by atoms with Crippen LogP contribution in [0.5, 0.6) is 0 Å². The molecule has 1 aliphatic rings. The maximum Gasteiger partial charge on any atom is 0.416 e. The molecule has 0 aromatic heterocycles. The van der Waals surface area contributed by atoms with Crippen LogP contribution in [0.3, 0.4) is 0 Å². The predicted molar refractivity (Wildman–Crippen MR) is 67.9 cm³/mol. The van der Waals surface area contributed by atoms with Crippen molar-refractivity contribution >= 4 is 22.6 Å². The largest absolute Gasteiger partial charge is 0.616 e. The van der Waals surface area contributed by atoms with Crippen molar-refractivity contribution in [3.8, 4) is 0 Å². The molecule has 5 nitrogen and oxygen atoms in total. The molecule has 0 bridgehead atoms. The Morgan fingerprint density at radius 1 is 1.35 bits per heavy atom. The molecule has 0 radical (unpaired) electrons. The lowest BCUT2D eigenvalue weighted by atomic mass is 10.1. The van der Waals surface area contributed by atoms with Gasteiger partial charge in [-0.05, 0) is 17.2 Å². The van der Waals surface area contributed by atoms with E-state index in [2.05, 4.69) is 5.32 Å². The number of fused-ring (bicyclic) bond motifs is 1. The maximum atomic E-state index is 12.8. The van der Waals surface area contributed by atoms with Gasteiger partial charge >= 0.3 is 6.18 Å². The van der Waals surface area contributed by atoms with E-state index in [4.69, 9.17) is 0 Å². The lowest BCUT2D eigenvalue weighted by Gasteiger charge is -2.20. The second-order valence-corrected chi connectivity index (χ2v) is 5.93. The highest BCUT2D eigenvalue weighted by Crippen LogP contribution is 2.38. The number of anilines is 1. The molecule has 1 N–H and O–H groups in total. The summed E-state index contributed by atoms with van der Waals surface area (Å²) in [5.74, 6) is 0.240. The number of nitro groups is 1. The molecule has 1 aromatic rings. The summed E-state index contributed by atoms with van der Waals surface area (Å²) in [6, 6.07) is 1.34. The fraction of sp³-hybridized carbons (Fsp3) is 0.455. The summed E-state index contributed by atoms with van der Waals surface area (Å²) in [5.41, 5.74) is -1.61. The topological polar surface area (TPSA) is 78.2 Å². The van der Waals surface area contributed by atoms with Gasteiger partial charge in [0.25, 0.3) is 5.69 Å². The van der Waals surface area contributed by atoms with Gasteiger partial charge in [-0.3, -0.25) is 10.1 Å². The third-order valence-corrected chi connectivity index (χ3v) is 4.27. The fourth-order valence-corrected chi connectivity index (χ4v) is 3.19. The lowest BCUT2D eigenvalue weighted by molar-refractivity contribution is -0.384. The van der Waals surface area contributed by atoms with Crippen LogP contribution in [0.15, 0.2) is 12.1 Å². The van der Waals surface area contributed by atoms with E-state index in [1.54, 1.807) is 0 Å². The lowest BCUT2D eigenvalue weighted by Crippen LogP contribution is -2.20. The average molecular weight is 308 g/mol. The van der Waals surface area contributed by atoms with Crippen LogP contribution in [0, 0.1) is 10.1 Å². The second kappa shape index (κ2) is 5.49. The maximum absolute atomic E-state index is 12.8. The molecule has 110 valence electrons. The fourth-order valence-electron chi connectivity index (χ4n) is 2.00. The van der Waals surface area contributed by atoms with Gasteiger partial charge in [-0.15, -0.1) is 0 Å². The number of nitro benzene ring substituents is 1. The van der Waals surface area contributed by atoms with E-state index in [0.29, 0.717) is 24.8 Å². The Labute approximate surface area is 115 Å². The molecule has 0 fully saturated rings. The van der Waals surface area contributed by atoms with Crippen LogP contribution in [0.2, 0.25) is 0 Å². The SMILES string of the molecule is O=[N+]([O-])c1cc(C(F)(F)F)cc2c1NCCC[S+]([O-])C2. The molecule has 1 atom stereocenters. The molecule has 0 saturated carbocycles.